The summed E-state index contributed by atoms with van der Waals surface area (Å²) in [6, 6.07) is 6.20. The number of aromatic nitrogens is 2. The molecule has 0 radical (unpaired) electrons. The van der Waals surface area contributed by atoms with Crippen molar-refractivity contribution in [3.8, 4) is 11.4 Å². The topological polar surface area (TPSA) is 37.8 Å². The number of rotatable bonds is 5. The van der Waals surface area contributed by atoms with Crippen molar-refractivity contribution >= 4 is 37.7 Å². The predicted molar refractivity (Wildman–Crippen MR) is 95.8 cm³/mol. The summed E-state index contributed by atoms with van der Waals surface area (Å²) >= 11 is 7.15. The number of anilines is 1. The Bertz CT molecular complexity index is 614. The smallest absolute Gasteiger partial charge is 0.161 e. The van der Waals surface area contributed by atoms with Crippen molar-refractivity contribution < 1.29 is 0 Å². The molecule has 0 aliphatic rings. The standard InChI is InChI=1S/C16H19Br2N3/c1-4-6-13-14(18)16(19-5-2)21-15(20-13)11-7-8-12(17)10(3)9-11/h7-9H,4-6H2,1-3H3,(H,19,20,21). The van der Waals surface area contributed by atoms with Gasteiger partial charge < -0.3 is 5.32 Å². The average Bonchev–Trinajstić information content (AvgIpc) is 2.46. The maximum atomic E-state index is 4.73. The van der Waals surface area contributed by atoms with E-state index in [0.29, 0.717) is 0 Å². The van der Waals surface area contributed by atoms with Crippen molar-refractivity contribution in [3.05, 3.63) is 38.4 Å². The van der Waals surface area contributed by atoms with Gasteiger partial charge in [0.15, 0.2) is 5.82 Å². The lowest BCUT2D eigenvalue weighted by atomic mass is 10.1. The second-order valence-electron chi connectivity index (χ2n) is 4.90. The van der Waals surface area contributed by atoms with Crippen LogP contribution < -0.4 is 5.32 Å². The Morgan fingerprint density at radius 2 is 1.90 bits per heavy atom. The molecule has 0 bridgehead atoms. The Kier molecular flexibility index (Phi) is 5.76. The molecule has 0 aliphatic carbocycles. The molecule has 0 fully saturated rings. The molecule has 21 heavy (non-hydrogen) atoms. The van der Waals surface area contributed by atoms with Crippen LogP contribution in [0.1, 0.15) is 31.5 Å². The molecule has 0 atom stereocenters. The molecular formula is C16H19Br2N3. The molecule has 112 valence electrons. The van der Waals surface area contributed by atoms with Gasteiger partial charge in [-0.05, 0) is 53.9 Å². The molecule has 1 aromatic heterocycles. The van der Waals surface area contributed by atoms with Crippen LogP contribution in [-0.4, -0.2) is 16.5 Å². The highest BCUT2D eigenvalue weighted by molar-refractivity contribution is 9.11. The fraction of sp³-hybridized carbons (Fsp3) is 0.375. The molecule has 0 spiro atoms. The Hall–Kier alpha value is -0.940. The molecule has 2 aromatic rings. The lowest BCUT2D eigenvalue weighted by molar-refractivity contribution is 0.867. The Morgan fingerprint density at radius 3 is 2.52 bits per heavy atom. The predicted octanol–water partition coefficient (Wildman–Crippen LogP) is 5.36. The third kappa shape index (κ3) is 3.83. The number of aryl methyl sites for hydroxylation is 2. The first-order chi connectivity index (χ1) is 10.1. The lowest BCUT2D eigenvalue weighted by Gasteiger charge is -2.12. The molecule has 1 N–H and O–H groups in total. The second kappa shape index (κ2) is 7.36. The molecular weight excluding hydrogens is 394 g/mol. The summed E-state index contributed by atoms with van der Waals surface area (Å²) in [6.07, 6.45) is 1.99. The zero-order chi connectivity index (χ0) is 15.4. The third-order valence-electron chi connectivity index (χ3n) is 3.17. The van der Waals surface area contributed by atoms with Gasteiger partial charge >= 0.3 is 0 Å². The summed E-state index contributed by atoms with van der Waals surface area (Å²) in [6.45, 7) is 7.13. The molecule has 0 amide bonds. The van der Waals surface area contributed by atoms with E-state index in [-0.39, 0.29) is 0 Å². The van der Waals surface area contributed by atoms with Crippen molar-refractivity contribution in [2.45, 2.75) is 33.6 Å². The number of halogens is 2. The second-order valence-corrected chi connectivity index (χ2v) is 6.55. The van der Waals surface area contributed by atoms with E-state index in [0.717, 1.165) is 51.2 Å². The monoisotopic (exact) mass is 411 g/mol. The van der Waals surface area contributed by atoms with Crippen LogP contribution in [0.3, 0.4) is 0 Å². The van der Waals surface area contributed by atoms with Crippen LogP contribution in [0.2, 0.25) is 0 Å². The minimum absolute atomic E-state index is 0.771. The molecule has 0 saturated heterocycles. The molecule has 2 rings (SSSR count). The summed E-state index contributed by atoms with van der Waals surface area (Å²) in [5.74, 6) is 1.64. The lowest BCUT2D eigenvalue weighted by Crippen LogP contribution is -2.06. The van der Waals surface area contributed by atoms with Gasteiger partial charge in [0.1, 0.15) is 5.82 Å². The Balaban J connectivity index is 2.53. The highest BCUT2D eigenvalue weighted by Gasteiger charge is 2.13. The van der Waals surface area contributed by atoms with Crippen LogP contribution in [0, 0.1) is 6.92 Å². The van der Waals surface area contributed by atoms with Crippen LogP contribution >= 0.6 is 31.9 Å². The molecule has 0 saturated carbocycles. The summed E-state index contributed by atoms with van der Waals surface area (Å²) in [5.41, 5.74) is 3.28. The molecule has 0 aliphatic heterocycles. The van der Waals surface area contributed by atoms with Gasteiger partial charge in [-0.1, -0.05) is 35.3 Å². The summed E-state index contributed by atoms with van der Waals surface area (Å²) < 4.78 is 2.08. The van der Waals surface area contributed by atoms with Crippen molar-refractivity contribution in [1.82, 2.24) is 9.97 Å². The normalized spacial score (nSPS) is 10.7. The Labute approximate surface area is 142 Å². The highest BCUT2D eigenvalue weighted by atomic mass is 79.9. The zero-order valence-electron chi connectivity index (χ0n) is 12.5. The van der Waals surface area contributed by atoms with Crippen LogP contribution in [0.25, 0.3) is 11.4 Å². The highest BCUT2D eigenvalue weighted by Crippen LogP contribution is 2.29. The van der Waals surface area contributed by atoms with E-state index in [9.17, 15) is 0 Å². The van der Waals surface area contributed by atoms with Gasteiger partial charge in [-0.2, -0.15) is 0 Å². The largest absolute Gasteiger partial charge is 0.369 e. The van der Waals surface area contributed by atoms with Crippen LogP contribution in [0.15, 0.2) is 27.1 Å². The van der Waals surface area contributed by atoms with Gasteiger partial charge in [-0.25, -0.2) is 9.97 Å². The Morgan fingerprint density at radius 1 is 1.14 bits per heavy atom. The zero-order valence-corrected chi connectivity index (χ0v) is 15.7. The van der Waals surface area contributed by atoms with Crippen LogP contribution in [0.5, 0.6) is 0 Å². The molecule has 5 heteroatoms. The fourth-order valence-electron chi connectivity index (χ4n) is 2.09. The fourth-order valence-corrected chi connectivity index (χ4v) is 2.86. The van der Waals surface area contributed by atoms with E-state index in [1.54, 1.807) is 0 Å². The van der Waals surface area contributed by atoms with E-state index in [4.69, 9.17) is 4.98 Å². The number of benzene rings is 1. The average molecular weight is 413 g/mol. The number of hydrogen-bond acceptors (Lipinski definition) is 3. The third-order valence-corrected chi connectivity index (χ3v) is 4.89. The van der Waals surface area contributed by atoms with E-state index >= 15 is 0 Å². The number of nitrogens with zero attached hydrogens (tertiary/aromatic N) is 2. The molecule has 1 aromatic carbocycles. The van der Waals surface area contributed by atoms with Gasteiger partial charge in [0.2, 0.25) is 0 Å². The molecule has 1 heterocycles. The summed E-state index contributed by atoms with van der Waals surface area (Å²) in [4.78, 5) is 9.39. The van der Waals surface area contributed by atoms with E-state index in [2.05, 4.69) is 69.0 Å². The molecule has 0 unspecified atom stereocenters. The first-order valence-electron chi connectivity index (χ1n) is 7.13. The van der Waals surface area contributed by atoms with Crippen molar-refractivity contribution in [2.24, 2.45) is 0 Å². The molecule has 3 nitrogen and oxygen atoms in total. The number of nitrogens with one attached hydrogen (secondary N) is 1. The van der Waals surface area contributed by atoms with Gasteiger partial charge in [0.25, 0.3) is 0 Å². The maximum absolute atomic E-state index is 4.73. The SMILES string of the molecule is CCCc1nc(-c2ccc(Br)c(C)c2)nc(NCC)c1Br. The minimum atomic E-state index is 0.771. The maximum Gasteiger partial charge on any atom is 0.161 e. The van der Waals surface area contributed by atoms with Gasteiger partial charge in [-0.15, -0.1) is 0 Å². The quantitative estimate of drug-likeness (QED) is 0.717. The first kappa shape index (κ1) is 16.4. The summed E-state index contributed by atoms with van der Waals surface area (Å²) in [5, 5.41) is 3.30. The number of hydrogen-bond donors (Lipinski definition) is 1. The van der Waals surface area contributed by atoms with Crippen molar-refractivity contribution in [1.29, 1.82) is 0 Å². The first-order valence-corrected chi connectivity index (χ1v) is 8.72. The van der Waals surface area contributed by atoms with E-state index in [1.165, 1.54) is 5.56 Å². The van der Waals surface area contributed by atoms with Crippen molar-refractivity contribution in [2.75, 3.05) is 11.9 Å². The van der Waals surface area contributed by atoms with Gasteiger partial charge in [0, 0.05) is 16.6 Å². The van der Waals surface area contributed by atoms with Gasteiger partial charge in [-0.3, -0.25) is 0 Å². The van der Waals surface area contributed by atoms with E-state index < -0.39 is 0 Å². The van der Waals surface area contributed by atoms with Crippen LogP contribution in [0.4, 0.5) is 5.82 Å². The van der Waals surface area contributed by atoms with Gasteiger partial charge in [0.05, 0.1) is 10.2 Å². The minimum Gasteiger partial charge on any atom is -0.369 e. The van der Waals surface area contributed by atoms with Crippen LogP contribution in [-0.2, 0) is 6.42 Å². The van der Waals surface area contributed by atoms with E-state index in [1.807, 2.05) is 12.1 Å². The summed E-state index contributed by atoms with van der Waals surface area (Å²) in [7, 11) is 0. The van der Waals surface area contributed by atoms with Crippen molar-refractivity contribution in [3.63, 3.8) is 0 Å².